The number of carbonyl (C=O) groups is 2. The van der Waals surface area contributed by atoms with Crippen molar-refractivity contribution in [3.05, 3.63) is 75.5 Å². The molecule has 0 aliphatic heterocycles. The van der Waals surface area contributed by atoms with Gasteiger partial charge in [0.25, 0.3) is 21.8 Å². The molecule has 3 rings (SSSR count). The molecule has 0 saturated carbocycles. The second-order valence-corrected chi connectivity index (χ2v) is 9.28. The standard InChI is InChI=1S/C20H19Cl2N5O4S/c1-12-9-13(2)27(25-12)11-19(28)23-24-20(29)14-7-8-16(22)18(10-14)32(30,31)26-17-6-4-3-5-15(17)21/h3-10,26H,11H2,1-2H3,(H,23,28)(H,24,29). The van der Waals surface area contributed by atoms with E-state index in [2.05, 4.69) is 20.7 Å². The summed E-state index contributed by atoms with van der Waals surface area (Å²) in [5, 5.41) is 4.28. The third-order valence-corrected chi connectivity index (χ3v) is 6.49. The smallest absolute Gasteiger partial charge is 0.269 e. The van der Waals surface area contributed by atoms with Gasteiger partial charge in [-0.2, -0.15) is 5.10 Å². The summed E-state index contributed by atoms with van der Waals surface area (Å²) < 4.78 is 29.4. The number of halogens is 2. The Morgan fingerprint density at radius 2 is 1.72 bits per heavy atom. The van der Waals surface area contributed by atoms with E-state index < -0.39 is 21.8 Å². The zero-order valence-corrected chi connectivity index (χ0v) is 19.3. The third-order valence-electron chi connectivity index (χ3n) is 4.31. The Bertz CT molecular complexity index is 1290. The Morgan fingerprint density at radius 1 is 1.00 bits per heavy atom. The maximum absolute atomic E-state index is 12.8. The van der Waals surface area contributed by atoms with Gasteiger partial charge in [0.1, 0.15) is 11.4 Å². The highest BCUT2D eigenvalue weighted by Gasteiger charge is 2.21. The fraction of sp³-hybridized carbons (Fsp3) is 0.150. The highest BCUT2D eigenvalue weighted by molar-refractivity contribution is 7.92. The van der Waals surface area contributed by atoms with E-state index in [4.69, 9.17) is 23.2 Å². The van der Waals surface area contributed by atoms with E-state index in [9.17, 15) is 18.0 Å². The Balaban J connectivity index is 1.71. The SMILES string of the molecule is Cc1cc(C)n(CC(=O)NNC(=O)c2ccc(Cl)c(S(=O)(=O)Nc3ccccc3Cl)c2)n1. The lowest BCUT2D eigenvalue weighted by Crippen LogP contribution is -2.43. The summed E-state index contributed by atoms with van der Waals surface area (Å²) in [6, 6.07) is 11.8. The van der Waals surface area contributed by atoms with Crippen LogP contribution in [0.25, 0.3) is 0 Å². The number of sulfonamides is 1. The summed E-state index contributed by atoms with van der Waals surface area (Å²) in [4.78, 5) is 24.2. The lowest BCUT2D eigenvalue weighted by Gasteiger charge is -2.12. The summed E-state index contributed by atoms with van der Waals surface area (Å²) in [7, 11) is -4.14. The molecule has 2 aromatic carbocycles. The number of hydrazine groups is 1. The fourth-order valence-electron chi connectivity index (χ4n) is 2.80. The zero-order chi connectivity index (χ0) is 23.5. The van der Waals surface area contributed by atoms with Crippen molar-refractivity contribution in [2.75, 3.05) is 4.72 Å². The molecule has 0 radical (unpaired) electrons. The predicted octanol–water partition coefficient (Wildman–Crippen LogP) is 3.07. The van der Waals surface area contributed by atoms with E-state index in [1.54, 1.807) is 26.0 Å². The number of nitrogens with one attached hydrogen (secondary N) is 3. The van der Waals surface area contributed by atoms with E-state index in [1.165, 1.54) is 28.9 Å². The summed E-state index contributed by atoms with van der Waals surface area (Å²) in [6.07, 6.45) is 0. The second-order valence-electron chi connectivity index (χ2n) is 6.82. The van der Waals surface area contributed by atoms with Crippen molar-refractivity contribution < 1.29 is 18.0 Å². The predicted molar refractivity (Wildman–Crippen MR) is 121 cm³/mol. The number of amides is 2. The molecule has 12 heteroatoms. The van der Waals surface area contributed by atoms with Crippen LogP contribution in [0.15, 0.2) is 53.4 Å². The van der Waals surface area contributed by atoms with Crippen molar-refractivity contribution >= 4 is 50.7 Å². The highest BCUT2D eigenvalue weighted by Crippen LogP contribution is 2.28. The molecule has 0 atom stereocenters. The normalized spacial score (nSPS) is 11.1. The molecular formula is C20H19Cl2N5O4S. The van der Waals surface area contributed by atoms with E-state index in [-0.39, 0.29) is 32.7 Å². The van der Waals surface area contributed by atoms with Crippen LogP contribution in [-0.2, 0) is 21.4 Å². The monoisotopic (exact) mass is 495 g/mol. The largest absolute Gasteiger partial charge is 0.278 e. The van der Waals surface area contributed by atoms with Crippen LogP contribution < -0.4 is 15.6 Å². The lowest BCUT2D eigenvalue weighted by atomic mass is 10.2. The van der Waals surface area contributed by atoms with Crippen molar-refractivity contribution in [3.63, 3.8) is 0 Å². The molecule has 0 fully saturated rings. The Labute approximate surface area is 194 Å². The van der Waals surface area contributed by atoms with Crippen LogP contribution in [0.4, 0.5) is 5.69 Å². The molecule has 1 heterocycles. The van der Waals surface area contributed by atoms with Crippen molar-refractivity contribution in [3.8, 4) is 0 Å². The number of hydrogen-bond acceptors (Lipinski definition) is 5. The van der Waals surface area contributed by atoms with Crippen LogP contribution in [0.3, 0.4) is 0 Å². The molecule has 0 aliphatic carbocycles. The van der Waals surface area contributed by atoms with Crippen LogP contribution in [0, 0.1) is 13.8 Å². The molecule has 2 amide bonds. The molecule has 1 aromatic heterocycles. The number of nitrogens with zero attached hydrogens (tertiary/aromatic N) is 2. The minimum atomic E-state index is -4.14. The van der Waals surface area contributed by atoms with Gasteiger partial charge in [-0.15, -0.1) is 0 Å². The van der Waals surface area contributed by atoms with E-state index >= 15 is 0 Å². The summed E-state index contributed by atoms with van der Waals surface area (Å²) in [6.45, 7) is 3.51. The van der Waals surface area contributed by atoms with E-state index in [0.717, 1.165) is 17.5 Å². The molecule has 9 nitrogen and oxygen atoms in total. The van der Waals surface area contributed by atoms with Crippen molar-refractivity contribution in [2.45, 2.75) is 25.3 Å². The molecule has 168 valence electrons. The van der Waals surface area contributed by atoms with Crippen LogP contribution >= 0.6 is 23.2 Å². The maximum Gasteiger partial charge on any atom is 0.269 e. The van der Waals surface area contributed by atoms with Gasteiger partial charge in [-0.1, -0.05) is 35.3 Å². The summed E-state index contributed by atoms with van der Waals surface area (Å²) >= 11 is 12.1. The van der Waals surface area contributed by atoms with Crippen LogP contribution in [0.1, 0.15) is 21.7 Å². The zero-order valence-electron chi connectivity index (χ0n) is 17.0. The van der Waals surface area contributed by atoms with Gasteiger partial charge >= 0.3 is 0 Å². The first kappa shape index (κ1) is 23.6. The number of para-hydroxylation sites is 1. The van der Waals surface area contributed by atoms with E-state index in [0.29, 0.717) is 0 Å². The molecule has 0 spiro atoms. The molecular weight excluding hydrogens is 477 g/mol. The first-order valence-corrected chi connectivity index (χ1v) is 11.5. The Hall–Kier alpha value is -3.08. The molecule has 0 aliphatic rings. The van der Waals surface area contributed by atoms with Gasteiger partial charge in [0.2, 0.25) is 0 Å². The minimum absolute atomic E-state index is 0.0275. The highest BCUT2D eigenvalue weighted by atomic mass is 35.5. The fourth-order valence-corrected chi connectivity index (χ4v) is 4.65. The number of benzene rings is 2. The summed E-state index contributed by atoms with van der Waals surface area (Å²) in [5.74, 6) is -1.23. The van der Waals surface area contributed by atoms with Gasteiger partial charge in [0, 0.05) is 11.3 Å². The number of anilines is 1. The molecule has 3 aromatic rings. The van der Waals surface area contributed by atoms with Gasteiger partial charge in [-0.25, -0.2) is 8.42 Å². The van der Waals surface area contributed by atoms with Crippen LogP contribution in [-0.4, -0.2) is 30.0 Å². The van der Waals surface area contributed by atoms with Gasteiger partial charge in [-0.3, -0.25) is 29.8 Å². The topological polar surface area (TPSA) is 122 Å². The van der Waals surface area contributed by atoms with Gasteiger partial charge in [0.05, 0.1) is 21.4 Å². The molecule has 3 N–H and O–H groups in total. The number of aryl methyl sites for hydroxylation is 2. The van der Waals surface area contributed by atoms with Crippen molar-refractivity contribution in [1.82, 2.24) is 20.6 Å². The molecule has 32 heavy (non-hydrogen) atoms. The number of aromatic nitrogens is 2. The molecule has 0 bridgehead atoms. The van der Waals surface area contributed by atoms with Crippen molar-refractivity contribution in [1.29, 1.82) is 0 Å². The van der Waals surface area contributed by atoms with Gasteiger partial charge in [0.15, 0.2) is 0 Å². The lowest BCUT2D eigenvalue weighted by molar-refractivity contribution is -0.122. The minimum Gasteiger partial charge on any atom is -0.278 e. The third kappa shape index (κ3) is 5.58. The molecule has 0 unspecified atom stereocenters. The van der Waals surface area contributed by atoms with Crippen LogP contribution in [0.2, 0.25) is 10.0 Å². The number of rotatable bonds is 6. The first-order chi connectivity index (χ1) is 15.1. The molecule has 0 saturated heterocycles. The summed E-state index contributed by atoms with van der Waals surface area (Å²) in [5.41, 5.74) is 6.21. The first-order valence-electron chi connectivity index (χ1n) is 9.24. The Morgan fingerprint density at radius 3 is 2.38 bits per heavy atom. The quantitative estimate of drug-likeness (QED) is 0.453. The Kier molecular flexibility index (Phi) is 7.07. The number of carbonyl (C=O) groups excluding carboxylic acids is 2. The van der Waals surface area contributed by atoms with Crippen molar-refractivity contribution in [2.24, 2.45) is 0 Å². The average molecular weight is 496 g/mol. The van der Waals surface area contributed by atoms with Gasteiger partial charge in [-0.05, 0) is 50.2 Å². The average Bonchev–Trinajstić information content (AvgIpc) is 3.04. The van der Waals surface area contributed by atoms with E-state index in [1.807, 2.05) is 6.07 Å². The van der Waals surface area contributed by atoms with Gasteiger partial charge < -0.3 is 0 Å². The second kappa shape index (κ2) is 9.60. The maximum atomic E-state index is 12.8. The van der Waals surface area contributed by atoms with Crippen LogP contribution in [0.5, 0.6) is 0 Å². The number of hydrogen-bond donors (Lipinski definition) is 3.